The molecule has 0 fully saturated rings. The molecule has 11 heavy (non-hydrogen) atoms. The Hall–Kier alpha value is -1.26. The fourth-order valence-electron chi connectivity index (χ4n) is 0.628. The van der Waals surface area contributed by atoms with Crippen LogP contribution >= 0.6 is 0 Å². The van der Waals surface area contributed by atoms with Crippen LogP contribution in [0.2, 0.25) is 0 Å². The molecule has 0 aliphatic carbocycles. The first-order chi connectivity index (χ1) is 5.13. The van der Waals surface area contributed by atoms with Crippen molar-refractivity contribution in [3.8, 4) is 0 Å². The maximum absolute atomic E-state index is 12.6. The fraction of sp³-hybridized carbons (Fsp3) is 0.167. The Morgan fingerprint density at radius 2 is 2.09 bits per heavy atom. The molecule has 0 unspecified atom stereocenters. The van der Waals surface area contributed by atoms with Crippen molar-refractivity contribution in [1.29, 1.82) is 0 Å². The Labute approximate surface area is 60.9 Å². The zero-order valence-corrected chi connectivity index (χ0v) is 5.39. The van der Waals surface area contributed by atoms with Gasteiger partial charge < -0.3 is 5.73 Å². The van der Waals surface area contributed by atoms with E-state index in [9.17, 15) is 13.2 Å². The van der Waals surface area contributed by atoms with Gasteiger partial charge in [0.15, 0.2) is 5.82 Å². The van der Waals surface area contributed by atoms with Crippen LogP contribution in [0.15, 0.2) is 12.3 Å². The van der Waals surface area contributed by atoms with Crippen molar-refractivity contribution in [3.05, 3.63) is 23.8 Å². The smallest absolute Gasteiger partial charge is 0.283 e. The highest BCUT2D eigenvalue weighted by Gasteiger charge is 2.16. The summed E-state index contributed by atoms with van der Waals surface area (Å²) in [5.41, 5.74) is 3.80. The van der Waals surface area contributed by atoms with E-state index >= 15 is 0 Å². The minimum Gasteiger partial charge on any atom is -0.396 e. The maximum atomic E-state index is 12.6. The summed E-state index contributed by atoms with van der Waals surface area (Å²) >= 11 is 0. The lowest BCUT2D eigenvalue weighted by Gasteiger charge is -2.01. The molecule has 0 aromatic carbocycles. The molecule has 2 N–H and O–H groups in total. The maximum Gasteiger partial charge on any atom is 0.283 e. The number of pyridine rings is 1. The Balaban J connectivity index is 3.17. The van der Waals surface area contributed by atoms with E-state index in [2.05, 4.69) is 4.98 Å². The lowest BCUT2D eigenvalue weighted by Crippen LogP contribution is -1.99. The summed E-state index contributed by atoms with van der Waals surface area (Å²) in [6.45, 7) is 0. The monoisotopic (exact) mass is 162 g/mol. The average Bonchev–Trinajstić information content (AvgIpc) is 1.94. The molecule has 60 valence electrons. The molecule has 0 saturated heterocycles. The molecule has 1 rings (SSSR count). The van der Waals surface area contributed by atoms with Gasteiger partial charge in [-0.2, -0.15) is 0 Å². The quantitative estimate of drug-likeness (QED) is 0.683. The van der Waals surface area contributed by atoms with E-state index in [-0.39, 0.29) is 5.69 Å². The van der Waals surface area contributed by atoms with Gasteiger partial charge in [0.2, 0.25) is 0 Å². The number of aromatic nitrogens is 1. The normalized spacial score (nSPS) is 10.5. The van der Waals surface area contributed by atoms with E-state index in [1.807, 2.05) is 0 Å². The molecule has 1 heterocycles. The highest BCUT2D eigenvalue weighted by atomic mass is 19.3. The summed E-state index contributed by atoms with van der Waals surface area (Å²) in [7, 11) is 0. The molecule has 0 bridgehead atoms. The van der Waals surface area contributed by atoms with Crippen molar-refractivity contribution in [3.63, 3.8) is 0 Å². The van der Waals surface area contributed by atoms with Crippen molar-refractivity contribution in [1.82, 2.24) is 4.98 Å². The molecular formula is C6H5F3N2. The van der Waals surface area contributed by atoms with Crippen molar-refractivity contribution in [2.45, 2.75) is 6.43 Å². The van der Waals surface area contributed by atoms with Gasteiger partial charge in [-0.3, -0.25) is 4.98 Å². The number of hydrogen-bond donors (Lipinski definition) is 1. The Morgan fingerprint density at radius 3 is 2.55 bits per heavy atom. The van der Waals surface area contributed by atoms with Crippen LogP contribution in [0.1, 0.15) is 12.1 Å². The molecule has 0 radical (unpaired) electrons. The van der Waals surface area contributed by atoms with Crippen LogP contribution in [0.5, 0.6) is 0 Å². The molecule has 1 aromatic heterocycles. The van der Waals surface area contributed by atoms with Crippen LogP contribution in [0.3, 0.4) is 0 Å². The lowest BCUT2D eigenvalue weighted by atomic mass is 10.3. The van der Waals surface area contributed by atoms with Crippen LogP contribution < -0.4 is 5.73 Å². The second-order valence-corrected chi connectivity index (χ2v) is 1.90. The Kier molecular flexibility index (Phi) is 1.98. The number of alkyl halides is 2. The van der Waals surface area contributed by atoms with Gasteiger partial charge in [-0.1, -0.05) is 0 Å². The summed E-state index contributed by atoms with van der Waals surface area (Å²) in [5.74, 6) is -1.14. The van der Waals surface area contributed by atoms with Gasteiger partial charge in [-0.15, -0.1) is 0 Å². The van der Waals surface area contributed by atoms with E-state index < -0.39 is 17.9 Å². The predicted molar refractivity (Wildman–Crippen MR) is 33.6 cm³/mol. The van der Waals surface area contributed by atoms with Crippen molar-refractivity contribution in [2.75, 3.05) is 5.73 Å². The highest BCUT2D eigenvalue weighted by molar-refractivity contribution is 5.39. The molecule has 0 aliphatic rings. The number of hydrogen-bond acceptors (Lipinski definition) is 2. The van der Waals surface area contributed by atoms with E-state index in [0.717, 1.165) is 12.3 Å². The summed E-state index contributed by atoms with van der Waals surface area (Å²) in [6.07, 6.45) is -1.88. The number of halogens is 3. The first-order valence-corrected chi connectivity index (χ1v) is 2.81. The van der Waals surface area contributed by atoms with Crippen LogP contribution in [0.25, 0.3) is 0 Å². The molecular weight excluding hydrogens is 157 g/mol. The number of rotatable bonds is 1. The largest absolute Gasteiger partial charge is 0.396 e. The van der Waals surface area contributed by atoms with E-state index in [1.165, 1.54) is 0 Å². The zero-order chi connectivity index (χ0) is 8.43. The Bertz CT molecular complexity index is 262. The van der Waals surface area contributed by atoms with Gasteiger partial charge in [0.05, 0.1) is 5.69 Å². The van der Waals surface area contributed by atoms with Gasteiger partial charge in [0, 0.05) is 6.20 Å². The third-order valence-corrected chi connectivity index (χ3v) is 1.15. The first-order valence-electron chi connectivity index (χ1n) is 2.81. The summed E-state index contributed by atoms with van der Waals surface area (Å²) in [5, 5.41) is 0. The number of anilines is 1. The van der Waals surface area contributed by atoms with Gasteiger partial charge in [-0.25, -0.2) is 13.2 Å². The van der Waals surface area contributed by atoms with Crippen LogP contribution in [-0.4, -0.2) is 4.98 Å². The fourth-order valence-corrected chi connectivity index (χ4v) is 0.628. The third-order valence-electron chi connectivity index (χ3n) is 1.15. The summed E-state index contributed by atoms with van der Waals surface area (Å²) in [4.78, 5) is 3.13. The van der Waals surface area contributed by atoms with Gasteiger partial charge in [0.1, 0.15) is 5.69 Å². The first kappa shape index (κ1) is 7.84. The third kappa shape index (κ3) is 1.42. The van der Waals surface area contributed by atoms with Gasteiger partial charge in [-0.05, 0) is 6.07 Å². The highest BCUT2D eigenvalue weighted by Crippen LogP contribution is 2.22. The summed E-state index contributed by atoms with van der Waals surface area (Å²) < 4.78 is 36.3. The minimum absolute atomic E-state index is 0.310. The predicted octanol–water partition coefficient (Wildman–Crippen LogP) is 1.74. The minimum atomic E-state index is -2.92. The molecule has 1 aromatic rings. The SMILES string of the molecule is Nc1ccnc(C(F)F)c1F. The number of nitrogens with zero attached hydrogens (tertiary/aromatic N) is 1. The number of nitrogen functional groups attached to an aromatic ring is 1. The van der Waals surface area contributed by atoms with Gasteiger partial charge >= 0.3 is 0 Å². The van der Waals surface area contributed by atoms with Gasteiger partial charge in [0.25, 0.3) is 6.43 Å². The Morgan fingerprint density at radius 1 is 1.45 bits per heavy atom. The van der Waals surface area contributed by atoms with Crippen molar-refractivity contribution in [2.24, 2.45) is 0 Å². The van der Waals surface area contributed by atoms with E-state index in [4.69, 9.17) is 5.73 Å². The lowest BCUT2D eigenvalue weighted by molar-refractivity contribution is 0.141. The average molecular weight is 162 g/mol. The molecule has 0 amide bonds. The van der Waals surface area contributed by atoms with Crippen LogP contribution in [0, 0.1) is 5.82 Å². The standard InChI is InChI=1S/C6H5F3N2/c7-4-3(10)1-2-11-5(4)6(8)9/h1-2,6H,(H2,10,11). The van der Waals surface area contributed by atoms with Crippen LogP contribution in [0.4, 0.5) is 18.9 Å². The van der Waals surface area contributed by atoms with Crippen LogP contribution in [-0.2, 0) is 0 Å². The summed E-state index contributed by atoms with van der Waals surface area (Å²) in [6, 6.07) is 1.13. The molecule has 0 spiro atoms. The topological polar surface area (TPSA) is 38.9 Å². The van der Waals surface area contributed by atoms with E-state index in [1.54, 1.807) is 0 Å². The molecule has 2 nitrogen and oxygen atoms in total. The molecule has 5 heteroatoms. The molecule has 0 saturated carbocycles. The molecule has 0 aliphatic heterocycles. The molecule has 0 atom stereocenters. The zero-order valence-electron chi connectivity index (χ0n) is 5.39. The van der Waals surface area contributed by atoms with Crippen molar-refractivity contribution >= 4 is 5.69 Å². The van der Waals surface area contributed by atoms with E-state index in [0.29, 0.717) is 0 Å². The van der Waals surface area contributed by atoms with Crippen molar-refractivity contribution < 1.29 is 13.2 Å². The second-order valence-electron chi connectivity index (χ2n) is 1.90. The number of nitrogens with two attached hydrogens (primary N) is 1. The second kappa shape index (κ2) is 2.77.